The first-order valence-corrected chi connectivity index (χ1v) is 7.80. The summed E-state index contributed by atoms with van der Waals surface area (Å²) < 4.78 is 10.9. The molecule has 128 valence electrons. The zero-order valence-corrected chi connectivity index (χ0v) is 14.1. The van der Waals surface area contributed by atoms with Crippen molar-refractivity contribution < 1.29 is 18.7 Å². The van der Waals surface area contributed by atoms with Crippen molar-refractivity contribution in [2.75, 3.05) is 11.4 Å². The van der Waals surface area contributed by atoms with Gasteiger partial charge in [-0.05, 0) is 38.1 Å². The van der Waals surface area contributed by atoms with Crippen LogP contribution in [-0.4, -0.2) is 24.5 Å². The number of anilines is 1. The number of ether oxygens (including phenoxy) is 1. The van der Waals surface area contributed by atoms with Crippen molar-refractivity contribution in [2.45, 2.75) is 33.4 Å². The Morgan fingerprint density at radius 1 is 1.21 bits per heavy atom. The summed E-state index contributed by atoms with van der Waals surface area (Å²) in [4.78, 5) is 25.6. The number of furan rings is 1. The Hall–Kier alpha value is -2.76. The largest absolute Gasteiger partial charge is 0.489 e. The molecule has 6 nitrogen and oxygen atoms in total. The fraction of sp³-hybridized carbons (Fsp3) is 0.333. The van der Waals surface area contributed by atoms with Crippen molar-refractivity contribution in [3.8, 4) is 5.75 Å². The van der Waals surface area contributed by atoms with Crippen molar-refractivity contribution in [2.24, 2.45) is 0 Å². The summed E-state index contributed by atoms with van der Waals surface area (Å²) in [6.07, 6.45) is 1.51. The number of nitrogens with one attached hydrogen (secondary N) is 1. The van der Waals surface area contributed by atoms with E-state index in [-0.39, 0.29) is 31.0 Å². The van der Waals surface area contributed by atoms with Crippen LogP contribution in [0.1, 0.15) is 26.5 Å². The van der Waals surface area contributed by atoms with Gasteiger partial charge in [-0.2, -0.15) is 0 Å². The lowest BCUT2D eigenvalue weighted by Crippen LogP contribution is -2.39. The van der Waals surface area contributed by atoms with Crippen molar-refractivity contribution >= 4 is 17.5 Å². The number of hydrogen-bond acceptors (Lipinski definition) is 4. The number of carbonyl (C=O) groups is 2. The Kier molecular flexibility index (Phi) is 6.01. The van der Waals surface area contributed by atoms with Crippen molar-refractivity contribution in [3.63, 3.8) is 0 Å². The molecule has 2 amide bonds. The van der Waals surface area contributed by atoms with Crippen LogP contribution in [0.4, 0.5) is 5.69 Å². The molecule has 24 heavy (non-hydrogen) atoms. The van der Waals surface area contributed by atoms with Gasteiger partial charge in [-0.15, -0.1) is 0 Å². The lowest BCUT2D eigenvalue weighted by atomic mass is 10.2. The highest BCUT2D eigenvalue weighted by Gasteiger charge is 2.19. The average molecular weight is 330 g/mol. The summed E-state index contributed by atoms with van der Waals surface area (Å²) in [5.74, 6) is 0.715. The summed E-state index contributed by atoms with van der Waals surface area (Å²) in [5, 5.41) is 2.73. The van der Waals surface area contributed by atoms with Gasteiger partial charge in [-0.1, -0.05) is 12.1 Å². The Morgan fingerprint density at radius 2 is 1.96 bits per heavy atom. The van der Waals surface area contributed by atoms with Crippen molar-refractivity contribution in [3.05, 3.63) is 48.4 Å². The van der Waals surface area contributed by atoms with Crippen LogP contribution in [0.15, 0.2) is 47.1 Å². The van der Waals surface area contributed by atoms with Crippen LogP contribution in [0.2, 0.25) is 0 Å². The van der Waals surface area contributed by atoms with Gasteiger partial charge in [0.1, 0.15) is 18.1 Å². The molecule has 0 atom stereocenters. The monoisotopic (exact) mass is 330 g/mol. The fourth-order valence-corrected chi connectivity index (χ4v) is 2.20. The molecule has 0 bridgehead atoms. The van der Waals surface area contributed by atoms with Crippen LogP contribution >= 0.6 is 0 Å². The summed E-state index contributed by atoms with van der Waals surface area (Å²) in [7, 11) is 0. The molecule has 2 rings (SSSR count). The zero-order chi connectivity index (χ0) is 17.5. The first-order chi connectivity index (χ1) is 11.5. The normalized spacial score (nSPS) is 10.5. The van der Waals surface area contributed by atoms with Crippen LogP contribution in [0.5, 0.6) is 5.75 Å². The van der Waals surface area contributed by atoms with Crippen LogP contribution in [0.3, 0.4) is 0 Å². The molecule has 0 spiro atoms. The van der Waals surface area contributed by atoms with Gasteiger partial charge in [0.2, 0.25) is 11.8 Å². The van der Waals surface area contributed by atoms with Crippen LogP contribution in [0.25, 0.3) is 0 Å². The van der Waals surface area contributed by atoms with Gasteiger partial charge < -0.3 is 14.5 Å². The second kappa shape index (κ2) is 8.19. The van der Waals surface area contributed by atoms with Crippen molar-refractivity contribution in [1.29, 1.82) is 0 Å². The predicted octanol–water partition coefficient (Wildman–Crippen LogP) is 2.74. The number of rotatable bonds is 7. The molecule has 0 saturated heterocycles. The number of nitrogens with zero attached hydrogens (tertiary/aromatic N) is 1. The third-order valence-corrected chi connectivity index (χ3v) is 3.24. The van der Waals surface area contributed by atoms with E-state index in [0.717, 1.165) is 0 Å². The Labute approximate surface area is 141 Å². The molecular weight excluding hydrogens is 308 g/mol. The summed E-state index contributed by atoms with van der Waals surface area (Å²) in [6.45, 7) is 5.43. The number of amides is 2. The number of benzene rings is 1. The van der Waals surface area contributed by atoms with Crippen LogP contribution < -0.4 is 15.0 Å². The minimum absolute atomic E-state index is 0.0345. The second-order valence-electron chi connectivity index (χ2n) is 5.60. The third kappa shape index (κ3) is 4.87. The number of carbonyl (C=O) groups excluding carboxylic acids is 2. The summed E-state index contributed by atoms with van der Waals surface area (Å²) in [5.41, 5.74) is 0.576. The van der Waals surface area contributed by atoms with Crippen LogP contribution in [-0.2, 0) is 16.1 Å². The topological polar surface area (TPSA) is 71.8 Å². The Balaban J connectivity index is 2.09. The van der Waals surface area contributed by atoms with E-state index in [1.54, 1.807) is 36.6 Å². The molecule has 1 N–H and O–H groups in total. The fourth-order valence-electron chi connectivity index (χ4n) is 2.20. The quantitative estimate of drug-likeness (QED) is 0.847. The minimum atomic E-state index is -0.277. The van der Waals surface area contributed by atoms with E-state index in [1.165, 1.54) is 11.8 Å². The number of hydrogen-bond donors (Lipinski definition) is 1. The molecule has 1 heterocycles. The summed E-state index contributed by atoms with van der Waals surface area (Å²) in [6, 6.07) is 10.7. The maximum atomic E-state index is 12.2. The molecule has 0 aliphatic carbocycles. The highest BCUT2D eigenvalue weighted by molar-refractivity contribution is 5.98. The molecule has 6 heteroatoms. The third-order valence-electron chi connectivity index (χ3n) is 3.24. The summed E-state index contributed by atoms with van der Waals surface area (Å²) >= 11 is 0. The molecule has 0 radical (unpaired) electrons. The Morgan fingerprint density at radius 3 is 2.58 bits per heavy atom. The van der Waals surface area contributed by atoms with E-state index in [1.807, 2.05) is 19.9 Å². The van der Waals surface area contributed by atoms with E-state index >= 15 is 0 Å². The van der Waals surface area contributed by atoms with Gasteiger partial charge in [-0.3, -0.25) is 14.5 Å². The van der Waals surface area contributed by atoms with E-state index in [2.05, 4.69) is 5.32 Å². The molecule has 0 saturated carbocycles. The van der Waals surface area contributed by atoms with Gasteiger partial charge in [0.25, 0.3) is 0 Å². The lowest BCUT2D eigenvalue weighted by Gasteiger charge is -2.24. The van der Waals surface area contributed by atoms with E-state index in [0.29, 0.717) is 17.2 Å². The first kappa shape index (κ1) is 17.6. The van der Waals surface area contributed by atoms with E-state index < -0.39 is 0 Å². The highest BCUT2D eigenvalue weighted by atomic mass is 16.5. The van der Waals surface area contributed by atoms with Crippen LogP contribution in [0, 0.1) is 0 Å². The number of para-hydroxylation sites is 2. The maximum Gasteiger partial charge on any atom is 0.240 e. The predicted molar refractivity (Wildman–Crippen MR) is 90.8 cm³/mol. The van der Waals surface area contributed by atoms with Gasteiger partial charge in [0.15, 0.2) is 0 Å². The zero-order valence-electron chi connectivity index (χ0n) is 14.1. The van der Waals surface area contributed by atoms with E-state index in [9.17, 15) is 9.59 Å². The first-order valence-electron chi connectivity index (χ1n) is 7.80. The van der Waals surface area contributed by atoms with Gasteiger partial charge in [0.05, 0.1) is 24.6 Å². The maximum absolute atomic E-state index is 12.2. The molecule has 0 unspecified atom stereocenters. The second-order valence-corrected chi connectivity index (χ2v) is 5.60. The molecule has 1 aromatic heterocycles. The highest BCUT2D eigenvalue weighted by Crippen LogP contribution is 2.29. The molecule has 2 aromatic rings. The standard InChI is InChI=1S/C18H22N2O4/c1-13(2)24-17-9-5-4-8-16(17)20(14(3)21)12-18(22)19-11-15-7-6-10-23-15/h4-10,13H,11-12H2,1-3H3,(H,19,22). The van der Waals surface area contributed by atoms with Gasteiger partial charge in [0, 0.05) is 6.92 Å². The average Bonchev–Trinajstić information content (AvgIpc) is 3.04. The molecule has 0 aliphatic heterocycles. The SMILES string of the molecule is CC(=O)N(CC(=O)NCc1ccco1)c1ccccc1OC(C)C. The smallest absolute Gasteiger partial charge is 0.240 e. The molecule has 0 aliphatic rings. The van der Waals surface area contributed by atoms with E-state index in [4.69, 9.17) is 9.15 Å². The van der Waals surface area contributed by atoms with Gasteiger partial charge in [-0.25, -0.2) is 0 Å². The van der Waals surface area contributed by atoms with Gasteiger partial charge >= 0.3 is 0 Å². The molecule has 1 aromatic carbocycles. The molecule has 0 fully saturated rings. The van der Waals surface area contributed by atoms with Crippen molar-refractivity contribution in [1.82, 2.24) is 5.32 Å². The minimum Gasteiger partial charge on any atom is -0.489 e. The lowest BCUT2D eigenvalue weighted by molar-refractivity contribution is -0.123. The Bertz CT molecular complexity index is 680. The molecular formula is C18H22N2O4.